The van der Waals surface area contributed by atoms with Crippen LogP contribution in [0.25, 0.3) is 0 Å². The second kappa shape index (κ2) is 8.72. The minimum Gasteiger partial charge on any atom is -0.354 e. The van der Waals surface area contributed by atoms with Gasteiger partial charge in [0.15, 0.2) is 5.78 Å². The van der Waals surface area contributed by atoms with E-state index >= 15 is 0 Å². The van der Waals surface area contributed by atoms with Crippen molar-refractivity contribution in [3.8, 4) is 0 Å². The van der Waals surface area contributed by atoms with Crippen LogP contribution in [0.4, 0.5) is 0 Å². The molecule has 0 saturated heterocycles. The number of likely N-dealkylation sites (N-methyl/N-ethyl adjacent to an activating group) is 1. The molecule has 0 aromatic heterocycles. The molecule has 1 rings (SSSR count). The highest BCUT2D eigenvalue weighted by Gasteiger charge is 2.08. The van der Waals surface area contributed by atoms with Crippen LogP contribution in [0.1, 0.15) is 17.3 Å². The molecule has 0 aliphatic carbocycles. The van der Waals surface area contributed by atoms with Crippen molar-refractivity contribution in [1.82, 2.24) is 10.6 Å². The summed E-state index contributed by atoms with van der Waals surface area (Å²) in [6.45, 7) is 2.59. The first-order valence-corrected chi connectivity index (χ1v) is 7.39. The monoisotopic (exact) mass is 280 g/mol. The quantitative estimate of drug-likeness (QED) is 0.705. The smallest absolute Gasteiger partial charge is 0.230 e. The molecule has 19 heavy (non-hydrogen) atoms. The van der Waals surface area contributed by atoms with Crippen LogP contribution in [-0.4, -0.2) is 42.8 Å². The van der Waals surface area contributed by atoms with E-state index in [2.05, 4.69) is 10.6 Å². The number of ketones is 1. The number of hydrogen-bond donors (Lipinski definition) is 2. The van der Waals surface area contributed by atoms with Gasteiger partial charge >= 0.3 is 0 Å². The lowest BCUT2D eigenvalue weighted by atomic mass is 10.2. The van der Waals surface area contributed by atoms with E-state index in [1.165, 1.54) is 11.8 Å². The molecule has 0 saturated carbocycles. The summed E-state index contributed by atoms with van der Waals surface area (Å²) in [7, 11) is 1.85. The third-order valence-corrected chi connectivity index (χ3v) is 3.59. The van der Waals surface area contributed by atoms with E-state index in [0.29, 0.717) is 23.6 Å². The SMILES string of the molecule is CNC(C)CNC(=O)CSCC(=O)c1ccccc1. The highest BCUT2D eigenvalue weighted by Crippen LogP contribution is 2.06. The first-order chi connectivity index (χ1) is 9.13. The van der Waals surface area contributed by atoms with Gasteiger partial charge in [-0.15, -0.1) is 11.8 Å². The van der Waals surface area contributed by atoms with E-state index in [1.807, 2.05) is 32.2 Å². The van der Waals surface area contributed by atoms with Gasteiger partial charge in [-0.1, -0.05) is 30.3 Å². The summed E-state index contributed by atoms with van der Waals surface area (Å²) >= 11 is 1.34. The Labute approximate surface area is 118 Å². The van der Waals surface area contributed by atoms with Gasteiger partial charge in [0.1, 0.15) is 0 Å². The van der Waals surface area contributed by atoms with E-state index in [-0.39, 0.29) is 17.7 Å². The standard InChI is InChI=1S/C14H20N2O2S/c1-11(15-2)8-16-14(18)10-19-9-13(17)12-6-4-3-5-7-12/h3-7,11,15H,8-10H2,1-2H3,(H,16,18). The van der Waals surface area contributed by atoms with E-state index in [1.54, 1.807) is 12.1 Å². The molecule has 0 fully saturated rings. The van der Waals surface area contributed by atoms with Crippen LogP contribution < -0.4 is 10.6 Å². The van der Waals surface area contributed by atoms with Crippen LogP contribution in [0.5, 0.6) is 0 Å². The first-order valence-electron chi connectivity index (χ1n) is 6.23. The molecule has 0 aliphatic rings. The molecule has 0 bridgehead atoms. The van der Waals surface area contributed by atoms with Crippen molar-refractivity contribution in [3.05, 3.63) is 35.9 Å². The number of benzene rings is 1. The Morgan fingerprint density at radius 1 is 1.21 bits per heavy atom. The maximum absolute atomic E-state index is 11.8. The number of carbonyl (C=O) groups is 2. The van der Waals surface area contributed by atoms with Gasteiger partial charge in [-0.25, -0.2) is 0 Å². The maximum Gasteiger partial charge on any atom is 0.230 e. The maximum atomic E-state index is 11.8. The molecule has 0 radical (unpaired) electrons. The Kier molecular flexibility index (Phi) is 7.22. The van der Waals surface area contributed by atoms with Crippen molar-refractivity contribution in [2.24, 2.45) is 0 Å². The number of nitrogens with one attached hydrogen (secondary N) is 2. The van der Waals surface area contributed by atoms with Gasteiger partial charge in [0.05, 0.1) is 11.5 Å². The summed E-state index contributed by atoms with van der Waals surface area (Å²) in [5.74, 6) is 0.670. The Hall–Kier alpha value is -1.33. The lowest BCUT2D eigenvalue weighted by molar-refractivity contribution is -0.118. The molecule has 5 heteroatoms. The molecule has 0 aliphatic heterocycles. The van der Waals surface area contributed by atoms with Gasteiger partial charge in [-0.05, 0) is 14.0 Å². The fraction of sp³-hybridized carbons (Fsp3) is 0.429. The molecular weight excluding hydrogens is 260 g/mol. The Morgan fingerprint density at radius 2 is 1.89 bits per heavy atom. The molecule has 104 valence electrons. The number of Topliss-reactive ketones (excluding diaryl/α,β-unsaturated/α-hetero) is 1. The minimum atomic E-state index is -0.0343. The Morgan fingerprint density at radius 3 is 2.53 bits per heavy atom. The topological polar surface area (TPSA) is 58.2 Å². The third kappa shape index (κ3) is 6.40. The number of amides is 1. The van der Waals surface area contributed by atoms with Crippen LogP contribution in [0, 0.1) is 0 Å². The van der Waals surface area contributed by atoms with Crippen molar-refractivity contribution in [3.63, 3.8) is 0 Å². The summed E-state index contributed by atoms with van der Waals surface area (Å²) in [6, 6.07) is 9.38. The molecule has 1 aromatic carbocycles. The summed E-state index contributed by atoms with van der Waals surface area (Å²) in [6.07, 6.45) is 0. The van der Waals surface area contributed by atoms with Crippen molar-refractivity contribution in [2.45, 2.75) is 13.0 Å². The zero-order valence-corrected chi connectivity index (χ0v) is 12.1. The van der Waals surface area contributed by atoms with E-state index < -0.39 is 0 Å². The second-order valence-corrected chi connectivity index (χ2v) is 5.26. The number of rotatable bonds is 8. The van der Waals surface area contributed by atoms with Gasteiger partial charge in [-0.3, -0.25) is 9.59 Å². The Bertz CT molecular complexity index is 409. The van der Waals surface area contributed by atoms with Gasteiger partial charge in [0.2, 0.25) is 5.91 Å². The van der Waals surface area contributed by atoms with Gasteiger partial charge in [0, 0.05) is 18.2 Å². The predicted molar refractivity (Wildman–Crippen MR) is 79.6 cm³/mol. The molecule has 2 N–H and O–H groups in total. The predicted octanol–water partition coefficient (Wildman–Crippen LogP) is 1.33. The van der Waals surface area contributed by atoms with Crippen LogP contribution in [-0.2, 0) is 4.79 Å². The first kappa shape index (κ1) is 15.7. The zero-order valence-electron chi connectivity index (χ0n) is 11.3. The van der Waals surface area contributed by atoms with E-state index in [0.717, 1.165) is 0 Å². The molecule has 0 heterocycles. The molecule has 4 nitrogen and oxygen atoms in total. The Balaban J connectivity index is 2.20. The molecule has 1 aromatic rings. The van der Waals surface area contributed by atoms with Gasteiger partial charge in [-0.2, -0.15) is 0 Å². The van der Waals surface area contributed by atoms with Gasteiger partial charge < -0.3 is 10.6 Å². The average Bonchev–Trinajstić information content (AvgIpc) is 2.45. The number of hydrogen-bond acceptors (Lipinski definition) is 4. The zero-order chi connectivity index (χ0) is 14.1. The second-order valence-electron chi connectivity index (χ2n) is 4.28. The lowest BCUT2D eigenvalue weighted by Gasteiger charge is -2.11. The van der Waals surface area contributed by atoms with E-state index in [9.17, 15) is 9.59 Å². The fourth-order valence-electron chi connectivity index (χ4n) is 1.36. The summed E-state index contributed by atoms with van der Waals surface area (Å²) in [5, 5.41) is 5.85. The largest absolute Gasteiger partial charge is 0.354 e. The van der Waals surface area contributed by atoms with Crippen LogP contribution in [0.2, 0.25) is 0 Å². The molecule has 1 amide bonds. The van der Waals surface area contributed by atoms with Crippen LogP contribution in [0.15, 0.2) is 30.3 Å². The molecule has 1 unspecified atom stereocenters. The number of thioether (sulfide) groups is 1. The number of carbonyl (C=O) groups excluding carboxylic acids is 2. The lowest BCUT2D eigenvalue weighted by Crippen LogP contribution is -2.38. The van der Waals surface area contributed by atoms with Crippen LogP contribution in [0.3, 0.4) is 0 Å². The van der Waals surface area contributed by atoms with Crippen molar-refractivity contribution in [1.29, 1.82) is 0 Å². The van der Waals surface area contributed by atoms with E-state index in [4.69, 9.17) is 0 Å². The molecule has 1 atom stereocenters. The summed E-state index contributed by atoms with van der Waals surface area (Å²) in [5.41, 5.74) is 0.694. The highest BCUT2D eigenvalue weighted by atomic mass is 32.2. The third-order valence-electron chi connectivity index (χ3n) is 2.66. The van der Waals surface area contributed by atoms with Crippen LogP contribution >= 0.6 is 11.8 Å². The molecule has 0 spiro atoms. The van der Waals surface area contributed by atoms with Crippen molar-refractivity contribution >= 4 is 23.5 Å². The molecular formula is C14H20N2O2S. The highest BCUT2D eigenvalue weighted by molar-refractivity contribution is 8.00. The minimum absolute atomic E-state index is 0.0343. The van der Waals surface area contributed by atoms with Crippen molar-refractivity contribution < 1.29 is 9.59 Å². The summed E-state index contributed by atoms with van der Waals surface area (Å²) < 4.78 is 0. The summed E-state index contributed by atoms with van der Waals surface area (Å²) in [4.78, 5) is 23.3. The average molecular weight is 280 g/mol. The fourth-order valence-corrected chi connectivity index (χ4v) is 2.11. The normalized spacial score (nSPS) is 11.9. The van der Waals surface area contributed by atoms with Crippen molar-refractivity contribution in [2.75, 3.05) is 25.1 Å². The van der Waals surface area contributed by atoms with Gasteiger partial charge in [0.25, 0.3) is 0 Å².